The summed E-state index contributed by atoms with van der Waals surface area (Å²) in [4.78, 5) is 4.46. The van der Waals surface area contributed by atoms with Gasteiger partial charge < -0.3 is 5.32 Å². The van der Waals surface area contributed by atoms with E-state index in [1.165, 1.54) is 50.6 Å². The van der Waals surface area contributed by atoms with Gasteiger partial charge in [-0.1, -0.05) is 32.6 Å². The number of nitrogens with zero attached hydrogens (tertiary/aromatic N) is 1. The molecular formula is C16H25BrN2. The van der Waals surface area contributed by atoms with Gasteiger partial charge in [-0.25, -0.2) is 4.98 Å². The molecule has 1 aromatic rings. The Kier molecular flexibility index (Phi) is 5.68. The van der Waals surface area contributed by atoms with Crippen LogP contribution in [0.4, 0.5) is 5.69 Å². The predicted octanol–water partition coefficient (Wildman–Crippen LogP) is 5.31. The van der Waals surface area contributed by atoms with Crippen LogP contribution >= 0.6 is 15.9 Å². The predicted molar refractivity (Wildman–Crippen MR) is 85.6 cm³/mol. The lowest BCUT2D eigenvalue weighted by atomic mass is 9.95. The number of hydrogen-bond donors (Lipinski definition) is 1. The number of nitrogens with one attached hydrogen (secondary N) is 1. The van der Waals surface area contributed by atoms with Crippen molar-refractivity contribution < 1.29 is 0 Å². The molecule has 0 aromatic carbocycles. The third kappa shape index (κ3) is 4.48. The van der Waals surface area contributed by atoms with Crippen molar-refractivity contribution in [2.75, 3.05) is 5.32 Å². The van der Waals surface area contributed by atoms with Gasteiger partial charge in [-0.3, -0.25) is 0 Å². The Morgan fingerprint density at radius 3 is 2.84 bits per heavy atom. The summed E-state index contributed by atoms with van der Waals surface area (Å²) in [6, 6.07) is 4.79. The molecule has 2 atom stereocenters. The molecular weight excluding hydrogens is 300 g/mol. The number of anilines is 1. The second kappa shape index (κ2) is 7.28. The summed E-state index contributed by atoms with van der Waals surface area (Å²) in [5.74, 6) is 0.959. The Labute approximate surface area is 125 Å². The van der Waals surface area contributed by atoms with Crippen molar-refractivity contribution in [3.05, 3.63) is 22.4 Å². The van der Waals surface area contributed by atoms with Gasteiger partial charge in [0.05, 0.1) is 11.4 Å². The molecule has 0 amide bonds. The van der Waals surface area contributed by atoms with Gasteiger partial charge in [-0.15, -0.1) is 0 Å². The number of hydrogen-bond acceptors (Lipinski definition) is 2. The van der Waals surface area contributed by atoms with E-state index in [0.29, 0.717) is 6.04 Å². The lowest BCUT2D eigenvalue weighted by Gasteiger charge is -2.19. The number of aromatic nitrogens is 1. The highest BCUT2D eigenvalue weighted by atomic mass is 79.9. The van der Waals surface area contributed by atoms with Crippen LogP contribution in [0.15, 0.2) is 16.7 Å². The van der Waals surface area contributed by atoms with Crippen LogP contribution in [0, 0.1) is 12.8 Å². The molecule has 0 bridgehead atoms. The largest absolute Gasteiger partial charge is 0.381 e. The van der Waals surface area contributed by atoms with Crippen molar-refractivity contribution in [2.24, 2.45) is 5.92 Å². The van der Waals surface area contributed by atoms with Gasteiger partial charge in [0.15, 0.2) is 0 Å². The summed E-state index contributed by atoms with van der Waals surface area (Å²) in [5, 5.41) is 3.70. The lowest BCUT2D eigenvalue weighted by Crippen LogP contribution is -2.19. The molecule has 1 N–H and O–H groups in total. The molecule has 1 heterocycles. The Bertz CT molecular complexity index is 406. The Hall–Kier alpha value is -0.570. The second-order valence-electron chi connectivity index (χ2n) is 5.77. The molecule has 1 aliphatic carbocycles. The number of aryl methyl sites for hydroxylation is 1. The van der Waals surface area contributed by atoms with E-state index in [-0.39, 0.29) is 0 Å². The fourth-order valence-electron chi connectivity index (χ4n) is 3.12. The zero-order valence-electron chi connectivity index (χ0n) is 12.1. The van der Waals surface area contributed by atoms with Crippen molar-refractivity contribution in [3.63, 3.8) is 0 Å². The van der Waals surface area contributed by atoms with Crippen molar-refractivity contribution in [1.82, 2.24) is 4.98 Å². The molecule has 1 saturated carbocycles. The Morgan fingerprint density at radius 2 is 2.11 bits per heavy atom. The summed E-state index contributed by atoms with van der Waals surface area (Å²) in [5.41, 5.74) is 2.28. The van der Waals surface area contributed by atoms with Gasteiger partial charge in [-0.05, 0) is 60.2 Å². The highest BCUT2D eigenvalue weighted by Crippen LogP contribution is 2.29. The molecule has 0 radical (unpaired) electrons. The fraction of sp³-hybridized carbons (Fsp3) is 0.688. The first kappa shape index (κ1) is 14.8. The molecule has 0 saturated heterocycles. The van der Waals surface area contributed by atoms with E-state index in [9.17, 15) is 0 Å². The molecule has 1 aliphatic rings. The van der Waals surface area contributed by atoms with E-state index >= 15 is 0 Å². The Morgan fingerprint density at radius 1 is 1.26 bits per heavy atom. The van der Waals surface area contributed by atoms with Crippen LogP contribution in [0.2, 0.25) is 0 Å². The molecule has 0 spiro atoms. The first-order valence-electron chi connectivity index (χ1n) is 7.58. The van der Waals surface area contributed by atoms with Gasteiger partial charge in [0.1, 0.15) is 4.60 Å². The molecule has 3 heteroatoms. The molecule has 2 rings (SSSR count). The van der Waals surface area contributed by atoms with Crippen LogP contribution in [0.3, 0.4) is 0 Å². The molecule has 19 heavy (non-hydrogen) atoms. The zero-order valence-corrected chi connectivity index (χ0v) is 13.7. The van der Waals surface area contributed by atoms with Crippen molar-refractivity contribution in [3.8, 4) is 0 Å². The quantitative estimate of drug-likeness (QED) is 0.599. The normalized spacial score (nSPS) is 23.9. The summed E-state index contributed by atoms with van der Waals surface area (Å²) < 4.78 is 0.916. The zero-order chi connectivity index (χ0) is 13.7. The SMILES string of the molecule is CCCC1CCCC(Nc2ccc(Br)nc2C)CC1. The van der Waals surface area contributed by atoms with E-state index in [0.717, 1.165) is 16.2 Å². The van der Waals surface area contributed by atoms with Crippen molar-refractivity contribution >= 4 is 21.6 Å². The Balaban J connectivity index is 1.92. The number of rotatable bonds is 4. The lowest BCUT2D eigenvalue weighted by molar-refractivity contribution is 0.422. The van der Waals surface area contributed by atoms with Gasteiger partial charge in [0.2, 0.25) is 0 Å². The van der Waals surface area contributed by atoms with Gasteiger partial charge >= 0.3 is 0 Å². The van der Waals surface area contributed by atoms with Gasteiger partial charge in [-0.2, -0.15) is 0 Å². The van der Waals surface area contributed by atoms with E-state index in [1.54, 1.807) is 0 Å². The second-order valence-corrected chi connectivity index (χ2v) is 6.58. The highest BCUT2D eigenvalue weighted by molar-refractivity contribution is 9.10. The first-order chi connectivity index (χ1) is 9.19. The minimum absolute atomic E-state index is 0.628. The van der Waals surface area contributed by atoms with E-state index in [4.69, 9.17) is 0 Å². The maximum atomic E-state index is 4.46. The summed E-state index contributed by atoms with van der Waals surface area (Å²) in [6.07, 6.45) is 9.52. The number of pyridine rings is 1. The minimum Gasteiger partial charge on any atom is -0.381 e. The maximum absolute atomic E-state index is 4.46. The van der Waals surface area contributed by atoms with Crippen LogP contribution in [0.25, 0.3) is 0 Å². The third-order valence-corrected chi connectivity index (χ3v) is 4.64. The van der Waals surface area contributed by atoms with Crippen LogP contribution in [0.1, 0.15) is 57.6 Å². The third-order valence-electron chi connectivity index (χ3n) is 4.20. The average molecular weight is 325 g/mol. The topological polar surface area (TPSA) is 24.9 Å². The van der Waals surface area contributed by atoms with E-state index < -0.39 is 0 Å². The van der Waals surface area contributed by atoms with Gasteiger partial charge in [0.25, 0.3) is 0 Å². The van der Waals surface area contributed by atoms with Gasteiger partial charge in [0, 0.05) is 6.04 Å². The van der Waals surface area contributed by atoms with E-state index in [1.807, 2.05) is 6.07 Å². The molecule has 2 nitrogen and oxygen atoms in total. The van der Waals surface area contributed by atoms with Crippen LogP contribution in [-0.2, 0) is 0 Å². The molecule has 0 aliphatic heterocycles. The molecule has 1 aromatic heterocycles. The molecule has 1 fully saturated rings. The molecule has 2 unspecified atom stereocenters. The monoisotopic (exact) mass is 324 g/mol. The van der Waals surface area contributed by atoms with Crippen LogP contribution in [0.5, 0.6) is 0 Å². The minimum atomic E-state index is 0.628. The molecule has 106 valence electrons. The standard InChI is InChI=1S/C16H25BrN2/c1-3-5-13-6-4-7-14(9-8-13)19-15-10-11-16(17)18-12(15)2/h10-11,13-14,19H,3-9H2,1-2H3. The van der Waals surface area contributed by atoms with E-state index in [2.05, 4.69) is 46.1 Å². The average Bonchev–Trinajstić information content (AvgIpc) is 2.59. The highest BCUT2D eigenvalue weighted by Gasteiger charge is 2.18. The van der Waals surface area contributed by atoms with Crippen molar-refractivity contribution in [2.45, 2.75) is 64.8 Å². The first-order valence-corrected chi connectivity index (χ1v) is 8.38. The maximum Gasteiger partial charge on any atom is 0.106 e. The summed E-state index contributed by atoms with van der Waals surface area (Å²) in [6.45, 7) is 4.38. The smallest absolute Gasteiger partial charge is 0.106 e. The summed E-state index contributed by atoms with van der Waals surface area (Å²) in [7, 11) is 0. The fourth-order valence-corrected chi connectivity index (χ4v) is 3.52. The van der Waals surface area contributed by atoms with Crippen LogP contribution < -0.4 is 5.32 Å². The van der Waals surface area contributed by atoms with Crippen molar-refractivity contribution in [1.29, 1.82) is 0 Å². The van der Waals surface area contributed by atoms with Crippen LogP contribution in [-0.4, -0.2) is 11.0 Å². The summed E-state index contributed by atoms with van der Waals surface area (Å²) >= 11 is 3.42. The number of halogens is 1.